The fraction of sp³-hybridized carbons (Fsp3) is 0.190. The molecule has 1 aromatic heterocycles. The van der Waals surface area contributed by atoms with Crippen LogP contribution in [0.15, 0.2) is 60.8 Å². The summed E-state index contributed by atoms with van der Waals surface area (Å²) < 4.78 is 1.68. The monoisotopic (exact) mass is 396 g/mol. The molecule has 1 atom stereocenters. The van der Waals surface area contributed by atoms with Gasteiger partial charge in [-0.3, -0.25) is 14.3 Å². The van der Waals surface area contributed by atoms with Gasteiger partial charge >= 0.3 is 0 Å². The SMILES string of the molecule is Cn1ncc(C(=O)N[C@H](CC(N)=O)c2ccccc2Cl)c1Cc1ccccc1. The topological polar surface area (TPSA) is 90.0 Å². The van der Waals surface area contributed by atoms with Crippen LogP contribution in [0.4, 0.5) is 0 Å². The molecule has 28 heavy (non-hydrogen) atoms. The molecule has 3 aromatic rings. The summed E-state index contributed by atoms with van der Waals surface area (Å²) >= 11 is 6.25. The number of primary amides is 1. The van der Waals surface area contributed by atoms with Crippen LogP contribution in [-0.2, 0) is 18.3 Å². The molecule has 0 fully saturated rings. The standard InChI is InChI=1S/C21H21ClN4O2/c1-26-19(11-14-7-3-2-4-8-14)16(13-24-26)21(28)25-18(12-20(23)27)15-9-5-6-10-17(15)22/h2-10,13,18H,11-12H2,1H3,(H2,23,27)(H,25,28)/t18-/m1/s1. The molecule has 7 heteroatoms. The van der Waals surface area contributed by atoms with Gasteiger partial charge in [-0.05, 0) is 17.2 Å². The van der Waals surface area contributed by atoms with E-state index >= 15 is 0 Å². The van der Waals surface area contributed by atoms with Gasteiger partial charge in [0, 0.05) is 18.5 Å². The van der Waals surface area contributed by atoms with Gasteiger partial charge in [0.2, 0.25) is 5.91 Å². The Morgan fingerprint density at radius 2 is 1.82 bits per heavy atom. The molecule has 0 bridgehead atoms. The maximum absolute atomic E-state index is 13.0. The van der Waals surface area contributed by atoms with E-state index in [9.17, 15) is 9.59 Å². The van der Waals surface area contributed by atoms with Crippen molar-refractivity contribution >= 4 is 23.4 Å². The number of carbonyl (C=O) groups is 2. The first-order chi connectivity index (χ1) is 13.5. The van der Waals surface area contributed by atoms with E-state index in [2.05, 4.69) is 10.4 Å². The Morgan fingerprint density at radius 3 is 2.50 bits per heavy atom. The summed E-state index contributed by atoms with van der Waals surface area (Å²) in [5.41, 5.74) is 8.32. The lowest BCUT2D eigenvalue weighted by atomic mass is 10.0. The third-order valence-corrected chi connectivity index (χ3v) is 4.86. The number of amides is 2. The predicted molar refractivity (Wildman–Crippen MR) is 108 cm³/mol. The summed E-state index contributed by atoms with van der Waals surface area (Å²) in [6, 6.07) is 16.3. The molecule has 0 spiro atoms. The zero-order chi connectivity index (χ0) is 20.1. The highest BCUT2D eigenvalue weighted by molar-refractivity contribution is 6.31. The summed E-state index contributed by atoms with van der Waals surface area (Å²) in [6.07, 6.45) is 2.04. The number of benzene rings is 2. The minimum Gasteiger partial charge on any atom is -0.370 e. The lowest BCUT2D eigenvalue weighted by molar-refractivity contribution is -0.118. The summed E-state index contributed by atoms with van der Waals surface area (Å²) in [4.78, 5) is 24.5. The Labute approximate surface area is 168 Å². The Balaban J connectivity index is 1.87. The van der Waals surface area contributed by atoms with Crippen molar-refractivity contribution in [3.8, 4) is 0 Å². The number of hydrogen-bond acceptors (Lipinski definition) is 3. The van der Waals surface area contributed by atoms with E-state index in [-0.39, 0.29) is 12.3 Å². The zero-order valence-electron chi connectivity index (χ0n) is 15.4. The Kier molecular flexibility index (Phi) is 6.11. The van der Waals surface area contributed by atoms with Crippen LogP contribution in [0.1, 0.15) is 39.6 Å². The number of nitrogens with two attached hydrogens (primary N) is 1. The van der Waals surface area contributed by atoms with Gasteiger partial charge in [0.15, 0.2) is 0 Å². The maximum atomic E-state index is 13.0. The number of nitrogens with zero attached hydrogens (tertiary/aromatic N) is 2. The largest absolute Gasteiger partial charge is 0.370 e. The third kappa shape index (κ3) is 4.58. The van der Waals surface area contributed by atoms with E-state index in [4.69, 9.17) is 17.3 Å². The lowest BCUT2D eigenvalue weighted by Gasteiger charge is -2.19. The third-order valence-electron chi connectivity index (χ3n) is 4.51. The minimum absolute atomic E-state index is 0.0518. The van der Waals surface area contributed by atoms with Gasteiger partial charge in [-0.25, -0.2) is 0 Å². The van der Waals surface area contributed by atoms with E-state index < -0.39 is 11.9 Å². The second-order valence-electron chi connectivity index (χ2n) is 6.51. The highest BCUT2D eigenvalue weighted by Gasteiger charge is 2.23. The zero-order valence-corrected chi connectivity index (χ0v) is 16.2. The van der Waals surface area contributed by atoms with Crippen molar-refractivity contribution in [1.82, 2.24) is 15.1 Å². The first-order valence-electron chi connectivity index (χ1n) is 8.84. The summed E-state index contributed by atoms with van der Waals surface area (Å²) in [5, 5.41) is 7.58. The van der Waals surface area contributed by atoms with Crippen molar-refractivity contribution < 1.29 is 9.59 Å². The molecule has 2 amide bonds. The Hall–Kier alpha value is -3.12. The molecule has 6 nitrogen and oxygen atoms in total. The van der Waals surface area contributed by atoms with Crippen molar-refractivity contribution in [1.29, 1.82) is 0 Å². The predicted octanol–water partition coefficient (Wildman–Crippen LogP) is 3.01. The Morgan fingerprint density at radius 1 is 1.14 bits per heavy atom. The summed E-state index contributed by atoms with van der Waals surface area (Å²) in [6.45, 7) is 0. The van der Waals surface area contributed by atoms with Crippen LogP contribution in [-0.4, -0.2) is 21.6 Å². The smallest absolute Gasteiger partial charge is 0.255 e. The molecule has 1 heterocycles. The molecule has 0 aliphatic rings. The van der Waals surface area contributed by atoms with Gasteiger partial charge in [0.05, 0.1) is 29.9 Å². The average Bonchev–Trinajstić information content (AvgIpc) is 3.03. The summed E-state index contributed by atoms with van der Waals surface area (Å²) in [5.74, 6) is -0.855. The first-order valence-corrected chi connectivity index (χ1v) is 9.22. The van der Waals surface area contributed by atoms with Crippen molar-refractivity contribution in [2.24, 2.45) is 12.8 Å². The average molecular weight is 397 g/mol. The van der Waals surface area contributed by atoms with Crippen LogP contribution in [0.3, 0.4) is 0 Å². The van der Waals surface area contributed by atoms with E-state index in [0.717, 1.165) is 11.3 Å². The molecule has 0 saturated carbocycles. The molecular weight excluding hydrogens is 376 g/mol. The Bertz CT molecular complexity index is 985. The van der Waals surface area contributed by atoms with Crippen molar-refractivity contribution in [3.05, 3.63) is 88.2 Å². The van der Waals surface area contributed by atoms with Gasteiger partial charge in [0.1, 0.15) is 0 Å². The fourth-order valence-corrected chi connectivity index (χ4v) is 3.35. The second kappa shape index (κ2) is 8.71. The number of rotatable bonds is 7. The highest BCUT2D eigenvalue weighted by atomic mass is 35.5. The number of hydrogen-bond donors (Lipinski definition) is 2. The van der Waals surface area contributed by atoms with Gasteiger partial charge in [0.25, 0.3) is 5.91 Å². The van der Waals surface area contributed by atoms with E-state index in [1.165, 1.54) is 6.20 Å². The molecule has 0 saturated heterocycles. The van der Waals surface area contributed by atoms with E-state index in [0.29, 0.717) is 22.6 Å². The molecule has 0 radical (unpaired) electrons. The van der Waals surface area contributed by atoms with Gasteiger partial charge in [-0.1, -0.05) is 60.1 Å². The molecular formula is C21H21ClN4O2. The lowest BCUT2D eigenvalue weighted by Crippen LogP contribution is -2.32. The van der Waals surface area contributed by atoms with Crippen LogP contribution in [0.5, 0.6) is 0 Å². The van der Waals surface area contributed by atoms with Crippen molar-refractivity contribution in [2.45, 2.75) is 18.9 Å². The second-order valence-corrected chi connectivity index (χ2v) is 6.92. The van der Waals surface area contributed by atoms with Crippen molar-refractivity contribution in [3.63, 3.8) is 0 Å². The van der Waals surface area contributed by atoms with E-state index in [1.54, 1.807) is 36.0 Å². The van der Waals surface area contributed by atoms with Gasteiger partial charge < -0.3 is 11.1 Å². The summed E-state index contributed by atoms with van der Waals surface area (Å²) in [7, 11) is 1.80. The molecule has 0 aliphatic heterocycles. The molecule has 0 unspecified atom stereocenters. The highest BCUT2D eigenvalue weighted by Crippen LogP contribution is 2.26. The number of aromatic nitrogens is 2. The van der Waals surface area contributed by atoms with Gasteiger partial charge in [-0.15, -0.1) is 0 Å². The quantitative estimate of drug-likeness (QED) is 0.643. The van der Waals surface area contributed by atoms with E-state index in [1.807, 2.05) is 30.3 Å². The van der Waals surface area contributed by atoms with Crippen LogP contribution in [0.2, 0.25) is 5.02 Å². The maximum Gasteiger partial charge on any atom is 0.255 e. The van der Waals surface area contributed by atoms with Crippen LogP contribution in [0, 0.1) is 0 Å². The molecule has 144 valence electrons. The van der Waals surface area contributed by atoms with Crippen LogP contribution in [0.25, 0.3) is 0 Å². The van der Waals surface area contributed by atoms with Crippen LogP contribution < -0.4 is 11.1 Å². The number of carbonyl (C=O) groups excluding carboxylic acids is 2. The fourth-order valence-electron chi connectivity index (χ4n) is 3.09. The molecule has 2 aromatic carbocycles. The number of aryl methyl sites for hydroxylation is 1. The molecule has 3 N–H and O–H groups in total. The van der Waals surface area contributed by atoms with Crippen LogP contribution >= 0.6 is 11.6 Å². The number of nitrogens with one attached hydrogen (secondary N) is 1. The molecule has 3 rings (SSSR count). The number of halogens is 1. The van der Waals surface area contributed by atoms with Gasteiger partial charge in [-0.2, -0.15) is 5.10 Å². The van der Waals surface area contributed by atoms with Crippen molar-refractivity contribution in [2.75, 3.05) is 0 Å². The molecule has 0 aliphatic carbocycles. The minimum atomic E-state index is -0.622. The normalized spacial score (nSPS) is 11.8. The first kappa shape index (κ1) is 19.6.